The van der Waals surface area contributed by atoms with Gasteiger partial charge in [0.15, 0.2) is 5.69 Å². The maximum absolute atomic E-state index is 12.0. The Kier molecular flexibility index (Phi) is 3.10. The molecule has 0 radical (unpaired) electrons. The summed E-state index contributed by atoms with van der Waals surface area (Å²) in [4.78, 5) is 14.1. The zero-order chi connectivity index (χ0) is 10.8. The lowest BCUT2D eigenvalue weighted by Crippen LogP contribution is -2.08. The van der Waals surface area contributed by atoms with Gasteiger partial charge in [0.25, 0.3) is 0 Å². The van der Waals surface area contributed by atoms with Gasteiger partial charge in [0.05, 0.1) is 6.61 Å². The third-order valence-corrected chi connectivity index (χ3v) is 2.07. The van der Waals surface area contributed by atoms with Crippen LogP contribution in [0.3, 0.4) is 0 Å². The van der Waals surface area contributed by atoms with Gasteiger partial charge in [-0.25, -0.2) is 9.78 Å². The summed E-state index contributed by atoms with van der Waals surface area (Å²) < 4.78 is 40.6. The summed E-state index contributed by atoms with van der Waals surface area (Å²) in [6, 6.07) is 0. The SMILES string of the molecule is CCOC(=O)c1nc(C(F)(F)F)cs1. The van der Waals surface area contributed by atoms with Gasteiger partial charge in [-0.1, -0.05) is 0 Å². The largest absolute Gasteiger partial charge is 0.461 e. The molecule has 1 rings (SSSR count). The highest BCUT2D eigenvalue weighted by Crippen LogP contribution is 2.30. The monoisotopic (exact) mass is 225 g/mol. The van der Waals surface area contributed by atoms with E-state index in [9.17, 15) is 18.0 Å². The lowest BCUT2D eigenvalue weighted by molar-refractivity contribution is -0.140. The highest BCUT2D eigenvalue weighted by molar-refractivity contribution is 7.11. The van der Waals surface area contributed by atoms with E-state index in [1.807, 2.05) is 0 Å². The third-order valence-electron chi connectivity index (χ3n) is 1.24. The van der Waals surface area contributed by atoms with Crippen LogP contribution in [0.1, 0.15) is 22.4 Å². The molecule has 0 amide bonds. The van der Waals surface area contributed by atoms with Crippen molar-refractivity contribution in [3.8, 4) is 0 Å². The van der Waals surface area contributed by atoms with Gasteiger partial charge in [-0.3, -0.25) is 0 Å². The molecule has 0 atom stereocenters. The molecule has 0 saturated heterocycles. The number of thiazole rings is 1. The molecular weight excluding hydrogens is 219 g/mol. The van der Waals surface area contributed by atoms with Crippen LogP contribution in [-0.4, -0.2) is 17.6 Å². The van der Waals surface area contributed by atoms with Crippen LogP contribution in [-0.2, 0) is 10.9 Å². The number of halogens is 3. The summed E-state index contributed by atoms with van der Waals surface area (Å²) in [7, 11) is 0. The molecule has 1 aromatic heterocycles. The maximum atomic E-state index is 12.0. The predicted molar refractivity (Wildman–Crippen MR) is 43.1 cm³/mol. The van der Waals surface area contributed by atoms with Crippen LogP contribution >= 0.6 is 11.3 Å². The lowest BCUT2D eigenvalue weighted by Gasteiger charge is -1.99. The highest BCUT2D eigenvalue weighted by Gasteiger charge is 2.34. The van der Waals surface area contributed by atoms with E-state index >= 15 is 0 Å². The molecule has 0 aliphatic rings. The van der Waals surface area contributed by atoms with Crippen LogP contribution < -0.4 is 0 Å². The Morgan fingerprint density at radius 2 is 2.29 bits per heavy atom. The van der Waals surface area contributed by atoms with Crippen LogP contribution in [0.4, 0.5) is 13.2 Å². The smallest absolute Gasteiger partial charge is 0.434 e. The van der Waals surface area contributed by atoms with Gasteiger partial charge in [-0.05, 0) is 6.92 Å². The number of carbonyl (C=O) groups excluding carboxylic acids is 1. The van der Waals surface area contributed by atoms with Crippen LogP contribution in [0.2, 0.25) is 0 Å². The number of hydrogen-bond acceptors (Lipinski definition) is 4. The zero-order valence-corrected chi connectivity index (χ0v) is 7.91. The second-order valence-corrected chi connectivity index (χ2v) is 3.11. The summed E-state index contributed by atoms with van der Waals surface area (Å²) >= 11 is 0.619. The molecule has 0 unspecified atom stereocenters. The summed E-state index contributed by atoms with van der Waals surface area (Å²) in [5, 5.41) is 0.505. The maximum Gasteiger partial charge on any atom is 0.434 e. The normalized spacial score (nSPS) is 11.4. The Balaban J connectivity index is 2.83. The number of hydrogen-bond donors (Lipinski definition) is 0. The fraction of sp³-hybridized carbons (Fsp3) is 0.429. The Hall–Kier alpha value is -1.11. The van der Waals surface area contributed by atoms with E-state index in [2.05, 4.69) is 9.72 Å². The summed E-state index contributed by atoms with van der Waals surface area (Å²) in [5.41, 5.74) is -1.06. The molecule has 14 heavy (non-hydrogen) atoms. The van der Waals surface area contributed by atoms with Crippen molar-refractivity contribution in [3.05, 3.63) is 16.1 Å². The van der Waals surface area contributed by atoms with Crippen molar-refractivity contribution < 1.29 is 22.7 Å². The van der Waals surface area contributed by atoms with Crippen molar-refractivity contribution in [1.82, 2.24) is 4.98 Å². The number of rotatable bonds is 2. The molecule has 7 heteroatoms. The molecule has 1 aromatic rings. The van der Waals surface area contributed by atoms with E-state index in [-0.39, 0.29) is 11.6 Å². The van der Waals surface area contributed by atoms with Crippen LogP contribution in [0.5, 0.6) is 0 Å². The van der Waals surface area contributed by atoms with Crippen molar-refractivity contribution in [3.63, 3.8) is 0 Å². The second-order valence-electron chi connectivity index (χ2n) is 2.26. The van der Waals surface area contributed by atoms with Crippen molar-refractivity contribution in [1.29, 1.82) is 0 Å². The fourth-order valence-electron chi connectivity index (χ4n) is 0.691. The van der Waals surface area contributed by atoms with Gasteiger partial charge in [0.2, 0.25) is 5.01 Å². The molecule has 3 nitrogen and oxygen atoms in total. The summed E-state index contributed by atoms with van der Waals surface area (Å²) in [6.45, 7) is 1.68. The first-order valence-corrected chi connectivity index (χ1v) is 4.53. The van der Waals surface area contributed by atoms with Gasteiger partial charge >= 0.3 is 12.1 Å². The molecule has 0 spiro atoms. The average molecular weight is 225 g/mol. The minimum absolute atomic E-state index is 0.111. The highest BCUT2D eigenvalue weighted by atomic mass is 32.1. The van der Waals surface area contributed by atoms with Crippen LogP contribution in [0.15, 0.2) is 5.38 Å². The number of nitrogens with zero attached hydrogens (tertiary/aromatic N) is 1. The Bertz CT molecular complexity index is 334. The molecule has 0 bridgehead atoms. The molecule has 0 aliphatic heterocycles. The minimum atomic E-state index is -4.51. The summed E-state index contributed by atoms with van der Waals surface area (Å²) in [6.07, 6.45) is -4.51. The average Bonchev–Trinajstić information content (AvgIpc) is 2.51. The zero-order valence-electron chi connectivity index (χ0n) is 7.09. The molecule has 78 valence electrons. The first kappa shape index (κ1) is 11.0. The first-order valence-electron chi connectivity index (χ1n) is 3.65. The van der Waals surface area contributed by atoms with Gasteiger partial charge in [0.1, 0.15) is 0 Å². The molecular formula is C7H6F3NO2S. The second kappa shape index (κ2) is 3.95. The van der Waals surface area contributed by atoms with E-state index in [1.165, 1.54) is 0 Å². The van der Waals surface area contributed by atoms with Gasteiger partial charge in [-0.15, -0.1) is 11.3 Å². The van der Waals surface area contributed by atoms with Gasteiger partial charge in [0, 0.05) is 5.38 Å². The van der Waals surface area contributed by atoms with Crippen molar-refractivity contribution in [2.45, 2.75) is 13.1 Å². The number of alkyl halides is 3. The molecule has 0 fully saturated rings. The number of carbonyl (C=O) groups is 1. The Morgan fingerprint density at radius 3 is 2.71 bits per heavy atom. The Morgan fingerprint density at radius 1 is 1.64 bits per heavy atom. The topological polar surface area (TPSA) is 39.2 Å². The number of esters is 1. The quantitative estimate of drug-likeness (QED) is 0.725. The van der Waals surface area contributed by atoms with Gasteiger partial charge < -0.3 is 4.74 Å². The fourth-order valence-corrected chi connectivity index (χ4v) is 1.41. The van der Waals surface area contributed by atoms with E-state index in [1.54, 1.807) is 6.92 Å². The van der Waals surface area contributed by atoms with Crippen LogP contribution in [0, 0.1) is 0 Å². The van der Waals surface area contributed by atoms with Gasteiger partial charge in [-0.2, -0.15) is 13.2 Å². The molecule has 0 saturated carbocycles. The first-order chi connectivity index (χ1) is 6.45. The van der Waals surface area contributed by atoms with E-state index in [4.69, 9.17) is 0 Å². The molecule has 0 aliphatic carbocycles. The minimum Gasteiger partial charge on any atom is -0.461 e. The lowest BCUT2D eigenvalue weighted by atomic mass is 10.5. The molecule has 0 N–H and O–H groups in total. The van der Waals surface area contributed by atoms with Crippen LogP contribution in [0.25, 0.3) is 0 Å². The standard InChI is InChI=1S/C7H6F3NO2S/c1-2-13-6(12)5-11-4(3-14-5)7(8,9)10/h3H,2H2,1H3. The number of aromatic nitrogens is 1. The summed E-state index contributed by atoms with van der Waals surface area (Å²) in [5.74, 6) is -0.826. The van der Waals surface area contributed by atoms with E-state index < -0.39 is 17.8 Å². The number of ether oxygens (including phenoxy) is 1. The van der Waals surface area contributed by atoms with E-state index in [0.29, 0.717) is 11.3 Å². The van der Waals surface area contributed by atoms with Crippen molar-refractivity contribution in [2.24, 2.45) is 0 Å². The molecule has 0 aromatic carbocycles. The van der Waals surface area contributed by atoms with Crippen molar-refractivity contribution in [2.75, 3.05) is 6.61 Å². The molecule has 1 heterocycles. The van der Waals surface area contributed by atoms with Crippen molar-refractivity contribution >= 4 is 17.3 Å². The van der Waals surface area contributed by atoms with E-state index in [0.717, 1.165) is 5.38 Å². The third kappa shape index (κ3) is 2.44. The Labute approximate surface area is 81.5 Å². The predicted octanol–water partition coefficient (Wildman–Crippen LogP) is 2.34.